The first-order valence-electron chi connectivity index (χ1n) is 6.52. The summed E-state index contributed by atoms with van der Waals surface area (Å²) in [6, 6.07) is 5.75. The van der Waals surface area contributed by atoms with Gasteiger partial charge in [-0.2, -0.15) is 0 Å². The minimum absolute atomic E-state index is 0.210. The van der Waals surface area contributed by atoms with E-state index in [9.17, 15) is 9.59 Å². The molecule has 2 heterocycles. The third kappa shape index (κ3) is 1.75. The van der Waals surface area contributed by atoms with Crippen LogP contribution in [0.15, 0.2) is 29.3 Å². The lowest BCUT2D eigenvalue weighted by Crippen LogP contribution is -2.31. The first-order valence-corrected chi connectivity index (χ1v) is 6.52. The van der Waals surface area contributed by atoms with Crippen molar-refractivity contribution < 1.29 is 9.59 Å². The molecule has 0 fully saturated rings. The molecule has 1 N–H and O–H groups in total. The van der Waals surface area contributed by atoms with Crippen molar-refractivity contribution in [3.8, 4) is 0 Å². The normalized spacial score (nSPS) is 18.7. The van der Waals surface area contributed by atoms with E-state index in [1.807, 2.05) is 18.2 Å². The lowest BCUT2D eigenvalue weighted by molar-refractivity contribution is -0.120. The molecule has 4 nitrogen and oxygen atoms in total. The molecule has 0 aromatic heterocycles. The maximum absolute atomic E-state index is 12.1. The van der Waals surface area contributed by atoms with Gasteiger partial charge in [0, 0.05) is 23.4 Å². The molecule has 0 atom stereocenters. The minimum Gasteiger partial charge on any atom is -0.385 e. The second-order valence-electron chi connectivity index (χ2n) is 5.07. The summed E-state index contributed by atoms with van der Waals surface area (Å²) in [5, 5.41) is 3.32. The van der Waals surface area contributed by atoms with Crippen LogP contribution in [0.4, 0.5) is 11.4 Å². The summed E-state index contributed by atoms with van der Waals surface area (Å²) < 4.78 is 0. The van der Waals surface area contributed by atoms with Crippen LogP contribution in [-0.4, -0.2) is 18.4 Å². The molecule has 98 valence electrons. The largest absolute Gasteiger partial charge is 0.385 e. The maximum Gasteiger partial charge on any atom is 0.261 e. The van der Waals surface area contributed by atoms with Crippen LogP contribution in [0, 0.1) is 0 Å². The van der Waals surface area contributed by atoms with Gasteiger partial charge in [-0.15, -0.1) is 0 Å². The number of nitrogens with one attached hydrogen (secondary N) is 1. The summed E-state index contributed by atoms with van der Waals surface area (Å²) in [6.45, 7) is 4.34. The Morgan fingerprint density at radius 2 is 1.79 bits per heavy atom. The zero-order chi connectivity index (χ0) is 13.6. The lowest BCUT2D eigenvalue weighted by Gasteiger charge is -2.21. The number of nitrogens with zero attached hydrogens (tertiary/aromatic N) is 1. The fraction of sp³-hybridized carbons (Fsp3) is 0.333. The molecule has 0 radical (unpaired) electrons. The van der Waals surface area contributed by atoms with Gasteiger partial charge in [0.2, 0.25) is 0 Å². The van der Waals surface area contributed by atoms with E-state index in [1.165, 1.54) is 10.5 Å². The Bertz CT molecular complexity index is 593. The third-order valence-corrected chi connectivity index (χ3v) is 3.90. The lowest BCUT2D eigenvalue weighted by atomic mass is 10.0. The highest BCUT2D eigenvalue weighted by Gasteiger charge is 2.34. The van der Waals surface area contributed by atoms with Crippen LogP contribution in [-0.2, 0) is 16.0 Å². The van der Waals surface area contributed by atoms with Crippen molar-refractivity contribution in [3.05, 3.63) is 34.9 Å². The number of rotatable bonds is 1. The fourth-order valence-corrected chi connectivity index (χ4v) is 2.57. The molecule has 2 aliphatic rings. The van der Waals surface area contributed by atoms with Crippen molar-refractivity contribution in [1.82, 2.24) is 0 Å². The zero-order valence-corrected chi connectivity index (χ0v) is 11.1. The molecule has 2 aliphatic heterocycles. The van der Waals surface area contributed by atoms with Gasteiger partial charge in [0.25, 0.3) is 11.8 Å². The third-order valence-electron chi connectivity index (χ3n) is 3.90. The minimum atomic E-state index is -0.210. The van der Waals surface area contributed by atoms with E-state index in [4.69, 9.17) is 0 Å². The fourth-order valence-electron chi connectivity index (χ4n) is 2.57. The summed E-state index contributed by atoms with van der Waals surface area (Å²) in [6.07, 6.45) is 2.16. The van der Waals surface area contributed by atoms with E-state index >= 15 is 0 Å². The number of benzene rings is 1. The standard InChI is InChI=1S/C15H16N2O2/c1-9-10(2)15(19)17(14(9)18)12-6-5-11-4-3-7-16-13(11)8-12/h5-6,8,16H,3-4,7H2,1-2H3. The average Bonchev–Trinajstić information content (AvgIpc) is 2.63. The number of amides is 2. The predicted octanol–water partition coefficient (Wildman–Crippen LogP) is 2.25. The molecule has 1 aromatic rings. The second-order valence-corrected chi connectivity index (χ2v) is 5.07. The van der Waals surface area contributed by atoms with Crippen LogP contribution in [0.2, 0.25) is 0 Å². The highest BCUT2D eigenvalue weighted by atomic mass is 16.2. The second kappa shape index (κ2) is 4.23. The van der Waals surface area contributed by atoms with E-state index in [0.29, 0.717) is 16.8 Å². The molecule has 0 bridgehead atoms. The van der Waals surface area contributed by atoms with E-state index in [1.54, 1.807) is 13.8 Å². The highest BCUT2D eigenvalue weighted by molar-refractivity contribution is 6.32. The van der Waals surface area contributed by atoms with Gasteiger partial charge in [0.05, 0.1) is 5.69 Å². The van der Waals surface area contributed by atoms with Crippen LogP contribution in [0.1, 0.15) is 25.8 Å². The Balaban J connectivity index is 2.00. The number of hydrogen-bond donors (Lipinski definition) is 1. The number of fused-ring (bicyclic) bond motifs is 1. The zero-order valence-electron chi connectivity index (χ0n) is 11.1. The Labute approximate surface area is 112 Å². The van der Waals surface area contributed by atoms with Crippen LogP contribution in [0.3, 0.4) is 0 Å². The Morgan fingerprint density at radius 3 is 2.47 bits per heavy atom. The van der Waals surface area contributed by atoms with Crippen molar-refractivity contribution in [1.29, 1.82) is 0 Å². The van der Waals surface area contributed by atoms with E-state index in [-0.39, 0.29) is 11.8 Å². The summed E-state index contributed by atoms with van der Waals surface area (Å²) in [5.74, 6) is -0.420. The van der Waals surface area contributed by atoms with Gasteiger partial charge in [0.15, 0.2) is 0 Å². The van der Waals surface area contributed by atoms with Gasteiger partial charge in [-0.3, -0.25) is 9.59 Å². The van der Waals surface area contributed by atoms with Gasteiger partial charge in [-0.25, -0.2) is 4.90 Å². The molecule has 0 saturated heterocycles. The van der Waals surface area contributed by atoms with Crippen LogP contribution in [0.5, 0.6) is 0 Å². The number of carbonyl (C=O) groups is 2. The monoisotopic (exact) mass is 256 g/mol. The molecule has 0 unspecified atom stereocenters. The van der Waals surface area contributed by atoms with Crippen molar-refractivity contribution >= 4 is 23.2 Å². The van der Waals surface area contributed by atoms with Crippen molar-refractivity contribution in [3.63, 3.8) is 0 Å². The number of carbonyl (C=O) groups excluding carboxylic acids is 2. The number of anilines is 2. The molecule has 19 heavy (non-hydrogen) atoms. The van der Waals surface area contributed by atoms with Gasteiger partial charge < -0.3 is 5.32 Å². The van der Waals surface area contributed by atoms with Gasteiger partial charge in [-0.05, 0) is 44.4 Å². The molecule has 1 aromatic carbocycles. The first kappa shape index (κ1) is 12.0. The molecular weight excluding hydrogens is 240 g/mol. The van der Waals surface area contributed by atoms with E-state index in [0.717, 1.165) is 25.1 Å². The first-order chi connectivity index (χ1) is 9.09. The van der Waals surface area contributed by atoms with Crippen LogP contribution < -0.4 is 10.2 Å². The summed E-state index contributed by atoms with van der Waals surface area (Å²) in [4.78, 5) is 25.5. The molecule has 4 heteroatoms. The maximum atomic E-state index is 12.1. The Morgan fingerprint density at radius 1 is 1.11 bits per heavy atom. The smallest absolute Gasteiger partial charge is 0.261 e. The van der Waals surface area contributed by atoms with E-state index in [2.05, 4.69) is 5.32 Å². The molecule has 0 aliphatic carbocycles. The predicted molar refractivity (Wildman–Crippen MR) is 74.1 cm³/mol. The van der Waals surface area contributed by atoms with E-state index < -0.39 is 0 Å². The molecule has 3 rings (SSSR count). The molecular formula is C15H16N2O2. The quantitative estimate of drug-likeness (QED) is 0.784. The average molecular weight is 256 g/mol. The Kier molecular flexibility index (Phi) is 2.66. The number of imide groups is 1. The molecule has 0 spiro atoms. The molecule has 0 saturated carbocycles. The van der Waals surface area contributed by atoms with Crippen LogP contribution >= 0.6 is 0 Å². The topological polar surface area (TPSA) is 49.4 Å². The van der Waals surface area contributed by atoms with Crippen LogP contribution in [0.25, 0.3) is 0 Å². The Hall–Kier alpha value is -2.10. The SMILES string of the molecule is CC1=C(C)C(=O)N(c2ccc3c(c2)NCCC3)C1=O. The van der Waals surface area contributed by atoms with Gasteiger partial charge in [-0.1, -0.05) is 6.07 Å². The summed E-state index contributed by atoms with van der Waals surface area (Å²) in [7, 11) is 0. The summed E-state index contributed by atoms with van der Waals surface area (Å²) in [5.41, 5.74) is 4.01. The number of aryl methyl sites for hydroxylation is 1. The molecule has 2 amide bonds. The van der Waals surface area contributed by atoms with Gasteiger partial charge >= 0.3 is 0 Å². The van der Waals surface area contributed by atoms with Crippen molar-refractivity contribution in [2.24, 2.45) is 0 Å². The van der Waals surface area contributed by atoms with Crippen molar-refractivity contribution in [2.75, 3.05) is 16.8 Å². The number of hydrogen-bond acceptors (Lipinski definition) is 3. The van der Waals surface area contributed by atoms with Gasteiger partial charge in [0.1, 0.15) is 0 Å². The van der Waals surface area contributed by atoms with Crippen molar-refractivity contribution in [2.45, 2.75) is 26.7 Å². The summed E-state index contributed by atoms with van der Waals surface area (Å²) >= 11 is 0. The highest BCUT2D eigenvalue weighted by Crippen LogP contribution is 2.31.